The van der Waals surface area contributed by atoms with Crippen LogP contribution in [0, 0.1) is 5.41 Å². The average molecular weight is 456 g/mol. The van der Waals surface area contributed by atoms with Crippen molar-refractivity contribution in [2.24, 2.45) is 5.41 Å². The van der Waals surface area contributed by atoms with E-state index in [2.05, 4.69) is 5.32 Å². The molecule has 0 spiro atoms. The number of aliphatic carboxylic acids is 1. The summed E-state index contributed by atoms with van der Waals surface area (Å²) in [5, 5.41) is 22.7. The van der Waals surface area contributed by atoms with Gasteiger partial charge in [-0.05, 0) is 33.1 Å². The molecule has 0 aliphatic carbocycles. The van der Waals surface area contributed by atoms with Crippen LogP contribution in [0.5, 0.6) is 0 Å². The zero-order valence-corrected chi connectivity index (χ0v) is 18.9. The van der Waals surface area contributed by atoms with Gasteiger partial charge in [-0.2, -0.15) is 8.42 Å². The lowest BCUT2D eigenvalue weighted by molar-refractivity contribution is -0.177. The zero-order chi connectivity index (χ0) is 23.6. The second kappa shape index (κ2) is 12.1. The molecule has 0 rings (SSSR count). The fraction of sp³-hybridized carbons (Fsp3) is 0.833. The summed E-state index contributed by atoms with van der Waals surface area (Å²) in [4.78, 5) is 33.8. The first-order chi connectivity index (χ1) is 13.6. The summed E-state index contributed by atoms with van der Waals surface area (Å²) in [6, 6.07) is 0. The highest BCUT2D eigenvalue weighted by atomic mass is 32.2. The van der Waals surface area contributed by atoms with Crippen LogP contribution < -0.4 is 5.32 Å². The molecule has 0 saturated heterocycles. The van der Waals surface area contributed by atoms with Crippen molar-refractivity contribution in [1.29, 1.82) is 0 Å². The van der Waals surface area contributed by atoms with Crippen molar-refractivity contribution in [3.05, 3.63) is 0 Å². The van der Waals surface area contributed by atoms with Gasteiger partial charge >= 0.3 is 12.1 Å². The minimum Gasteiger partial charge on any atom is -0.479 e. The van der Waals surface area contributed by atoms with Gasteiger partial charge in [-0.3, -0.25) is 8.98 Å². The molecule has 0 aliphatic rings. The smallest absolute Gasteiger partial charge is 0.479 e. The molecule has 0 fully saturated rings. The van der Waals surface area contributed by atoms with E-state index in [0.717, 1.165) is 0 Å². The standard InChI is InChI=1S/C18H33NO10S/c1-13(2)29-16(23)27-10-6-8-18(24,15(21)22)17(4,5)12-28-30(25,26)11-7-9-19-14(3)20/h13,24H,6-12H2,1-5H3,(H,19,20)(H,21,22)/t18-/m0/s1. The Morgan fingerprint density at radius 1 is 1.13 bits per heavy atom. The molecule has 1 atom stereocenters. The molecule has 0 aromatic rings. The normalized spacial score (nSPS) is 14.1. The van der Waals surface area contributed by atoms with Crippen molar-refractivity contribution in [3.63, 3.8) is 0 Å². The van der Waals surface area contributed by atoms with Gasteiger partial charge in [-0.15, -0.1) is 0 Å². The molecule has 0 heterocycles. The van der Waals surface area contributed by atoms with Crippen molar-refractivity contribution in [2.75, 3.05) is 25.5 Å². The summed E-state index contributed by atoms with van der Waals surface area (Å²) >= 11 is 0. The number of hydrogen-bond donors (Lipinski definition) is 3. The highest BCUT2D eigenvalue weighted by Gasteiger charge is 2.50. The molecule has 0 aromatic heterocycles. The fourth-order valence-electron chi connectivity index (χ4n) is 2.37. The third-order valence-electron chi connectivity index (χ3n) is 4.25. The van der Waals surface area contributed by atoms with Gasteiger partial charge in [0.15, 0.2) is 5.60 Å². The van der Waals surface area contributed by atoms with Gasteiger partial charge in [-0.25, -0.2) is 9.59 Å². The Morgan fingerprint density at radius 2 is 1.73 bits per heavy atom. The first kappa shape index (κ1) is 28.1. The van der Waals surface area contributed by atoms with Crippen LogP contribution in [0.15, 0.2) is 0 Å². The molecule has 176 valence electrons. The number of aliphatic hydroxyl groups is 1. The predicted molar refractivity (Wildman–Crippen MR) is 106 cm³/mol. The van der Waals surface area contributed by atoms with E-state index in [-0.39, 0.29) is 50.2 Å². The summed E-state index contributed by atoms with van der Waals surface area (Å²) in [6.07, 6.45) is -1.46. The predicted octanol–water partition coefficient (Wildman–Crippen LogP) is 1.04. The SMILES string of the molecule is CC(=O)NCCCS(=O)(=O)OCC(C)(C)[C@](O)(CCCOC(=O)OC(C)C)C(=O)O. The molecule has 0 saturated carbocycles. The molecular weight excluding hydrogens is 422 g/mol. The Kier molecular flexibility index (Phi) is 11.3. The van der Waals surface area contributed by atoms with Crippen molar-refractivity contribution in [2.45, 2.75) is 65.6 Å². The molecule has 11 nitrogen and oxygen atoms in total. The van der Waals surface area contributed by atoms with Crippen LogP contribution in [0.4, 0.5) is 4.79 Å². The average Bonchev–Trinajstić information content (AvgIpc) is 2.59. The summed E-state index contributed by atoms with van der Waals surface area (Å²) in [5.41, 5.74) is -3.81. The molecule has 30 heavy (non-hydrogen) atoms. The van der Waals surface area contributed by atoms with Crippen LogP contribution in [0.1, 0.15) is 53.9 Å². The third-order valence-corrected chi connectivity index (χ3v) is 5.52. The maximum Gasteiger partial charge on any atom is 0.508 e. The van der Waals surface area contributed by atoms with Gasteiger partial charge in [0.1, 0.15) is 0 Å². The second-order valence-corrected chi connectivity index (χ2v) is 9.54. The largest absolute Gasteiger partial charge is 0.508 e. The monoisotopic (exact) mass is 455 g/mol. The van der Waals surface area contributed by atoms with Gasteiger partial charge in [0.05, 0.1) is 25.1 Å². The van der Waals surface area contributed by atoms with Gasteiger partial charge < -0.3 is 25.0 Å². The van der Waals surface area contributed by atoms with E-state index in [1.54, 1.807) is 13.8 Å². The van der Waals surface area contributed by atoms with Crippen molar-refractivity contribution in [3.8, 4) is 0 Å². The van der Waals surface area contributed by atoms with E-state index in [0.29, 0.717) is 0 Å². The van der Waals surface area contributed by atoms with Crippen LogP contribution in [-0.2, 0) is 33.4 Å². The van der Waals surface area contributed by atoms with Gasteiger partial charge in [-0.1, -0.05) is 13.8 Å². The van der Waals surface area contributed by atoms with Crippen LogP contribution >= 0.6 is 0 Å². The lowest BCUT2D eigenvalue weighted by Gasteiger charge is -2.38. The zero-order valence-electron chi connectivity index (χ0n) is 18.1. The molecule has 12 heteroatoms. The molecule has 0 unspecified atom stereocenters. The van der Waals surface area contributed by atoms with Crippen molar-refractivity contribution < 1.29 is 46.7 Å². The summed E-state index contributed by atoms with van der Waals surface area (Å²) in [7, 11) is -3.99. The van der Waals surface area contributed by atoms with E-state index in [1.165, 1.54) is 20.8 Å². The minimum atomic E-state index is -3.99. The molecule has 0 aromatic carbocycles. The van der Waals surface area contributed by atoms with Crippen LogP contribution in [-0.4, -0.2) is 73.9 Å². The van der Waals surface area contributed by atoms with Crippen LogP contribution in [0.3, 0.4) is 0 Å². The highest BCUT2D eigenvalue weighted by molar-refractivity contribution is 7.86. The quantitative estimate of drug-likeness (QED) is 0.196. The van der Waals surface area contributed by atoms with E-state index in [9.17, 15) is 33.0 Å². The lowest BCUT2D eigenvalue weighted by atomic mass is 9.73. The topological polar surface area (TPSA) is 166 Å². The van der Waals surface area contributed by atoms with Crippen LogP contribution in [0.2, 0.25) is 0 Å². The summed E-state index contributed by atoms with van der Waals surface area (Å²) < 4.78 is 38.5. The number of carbonyl (C=O) groups excluding carboxylic acids is 2. The third kappa shape index (κ3) is 10.2. The number of nitrogens with one attached hydrogen (secondary N) is 1. The fourth-order valence-corrected chi connectivity index (χ4v) is 3.46. The maximum absolute atomic E-state index is 12.0. The second-order valence-electron chi connectivity index (χ2n) is 7.78. The Hall–Kier alpha value is -1.92. The number of carboxylic acids is 1. The molecule has 0 aliphatic heterocycles. The first-order valence-corrected chi connectivity index (χ1v) is 11.1. The van der Waals surface area contributed by atoms with Gasteiger partial charge in [0, 0.05) is 18.9 Å². The van der Waals surface area contributed by atoms with Crippen molar-refractivity contribution >= 4 is 28.1 Å². The molecule has 0 radical (unpaired) electrons. The van der Waals surface area contributed by atoms with E-state index in [4.69, 9.17) is 13.7 Å². The minimum absolute atomic E-state index is 0.00287. The van der Waals surface area contributed by atoms with E-state index < -0.39 is 39.9 Å². The number of rotatable bonds is 14. The Labute approximate surface area is 177 Å². The summed E-state index contributed by atoms with van der Waals surface area (Å²) in [5.74, 6) is -2.22. The van der Waals surface area contributed by atoms with Gasteiger partial charge in [0.25, 0.3) is 10.1 Å². The highest BCUT2D eigenvalue weighted by Crippen LogP contribution is 2.36. The maximum atomic E-state index is 12.0. The lowest BCUT2D eigenvalue weighted by Crippen LogP contribution is -2.54. The van der Waals surface area contributed by atoms with Gasteiger partial charge in [0.2, 0.25) is 5.91 Å². The summed E-state index contributed by atoms with van der Waals surface area (Å²) in [6.45, 7) is 6.71. The number of amides is 1. The van der Waals surface area contributed by atoms with Crippen molar-refractivity contribution in [1.82, 2.24) is 5.32 Å². The molecule has 3 N–H and O–H groups in total. The number of carboxylic acid groups (broad SMARTS) is 1. The number of hydrogen-bond acceptors (Lipinski definition) is 9. The molecular formula is C18H33NO10S. The Balaban J connectivity index is 4.80. The first-order valence-electron chi connectivity index (χ1n) is 9.53. The molecule has 1 amide bonds. The van der Waals surface area contributed by atoms with Crippen LogP contribution in [0.25, 0.3) is 0 Å². The number of ether oxygens (including phenoxy) is 2. The van der Waals surface area contributed by atoms with E-state index in [1.807, 2.05) is 0 Å². The Morgan fingerprint density at radius 3 is 2.23 bits per heavy atom. The molecule has 0 bridgehead atoms. The number of carbonyl (C=O) groups is 3. The van der Waals surface area contributed by atoms with E-state index >= 15 is 0 Å². The Bertz CT molecular complexity index is 689.